The van der Waals surface area contributed by atoms with E-state index in [9.17, 15) is 18.0 Å². The smallest absolute Gasteiger partial charge is 0.416 e. The maximum Gasteiger partial charge on any atom is 0.416 e. The quantitative estimate of drug-likeness (QED) is 0.689. The first-order valence-electron chi connectivity index (χ1n) is 8.47. The predicted octanol–water partition coefficient (Wildman–Crippen LogP) is 4.02. The zero-order valence-corrected chi connectivity index (χ0v) is 14.5. The molecule has 1 aromatic heterocycles. The molecule has 1 heterocycles. The number of nitrogens with zero attached hydrogens (tertiary/aromatic N) is 2. The first-order chi connectivity index (χ1) is 13.3. The summed E-state index contributed by atoms with van der Waals surface area (Å²) >= 11 is 0. The highest BCUT2D eigenvalue weighted by Gasteiger charge is 2.55. The number of aromatic nitrogens is 2. The summed E-state index contributed by atoms with van der Waals surface area (Å²) < 4.78 is 43.8. The fourth-order valence-corrected chi connectivity index (χ4v) is 2.89. The molecule has 6 nitrogen and oxygen atoms in total. The van der Waals surface area contributed by atoms with Gasteiger partial charge in [0.15, 0.2) is 0 Å². The Hall–Kier alpha value is -3.36. The van der Waals surface area contributed by atoms with Gasteiger partial charge in [-0.25, -0.2) is 0 Å². The first kappa shape index (κ1) is 18.0. The number of hydrogen-bond acceptors (Lipinski definition) is 5. The summed E-state index contributed by atoms with van der Waals surface area (Å²) in [6.07, 6.45) is -3.26. The normalized spacial score (nSPS) is 15.2. The molecule has 0 atom stereocenters. The number of alkyl halides is 3. The van der Waals surface area contributed by atoms with Gasteiger partial charge in [-0.3, -0.25) is 4.79 Å². The van der Waals surface area contributed by atoms with E-state index in [1.807, 2.05) is 0 Å². The molecule has 0 radical (unpaired) electrons. The molecule has 144 valence electrons. The molecule has 1 amide bonds. The standard InChI is InChI=1S/C19H15F3N4O2/c20-19(21,22)11-5-7-12(8-6-11)24-14-4-2-1-3-13(14)15-25-26-17(28-15)18(9-10-18)16(23)27/h1-8,24H,9-10H2,(H2,23,27). The number of rotatable bonds is 5. The van der Waals surface area contributed by atoms with Crippen molar-refractivity contribution < 1.29 is 22.4 Å². The lowest BCUT2D eigenvalue weighted by Gasteiger charge is -2.11. The van der Waals surface area contributed by atoms with Crippen LogP contribution in [0.25, 0.3) is 11.5 Å². The number of halogens is 3. The van der Waals surface area contributed by atoms with Crippen molar-refractivity contribution in [1.29, 1.82) is 0 Å². The third-order valence-corrected chi connectivity index (χ3v) is 4.70. The number of carbonyl (C=O) groups is 1. The van der Waals surface area contributed by atoms with Crippen LogP contribution >= 0.6 is 0 Å². The second-order valence-electron chi connectivity index (χ2n) is 6.60. The molecule has 0 aliphatic heterocycles. The van der Waals surface area contributed by atoms with Gasteiger partial charge < -0.3 is 15.5 Å². The number of anilines is 2. The lowest BCUT2D eigenvalue weighted by Crippen LogP contribution is -2.28. The number of para-hydroxylation sites is 1. The third-order valence-electron chi connectivity index (χ3n) is 4.70. The van der Waals surface area contributed by atoms with Gasteiger partial charge in [0.2, 0.25) is 17.7 Å². The van der Waals surface area contributed by atoms with Crippen LogP contribution in [0.3, 0.4) is 0 Å². The van der Waals surface area contributed by atoms with Gasteiger partial charge in [-0.1, -0.05) is 12.1 Å². The van der Waals surface area contributed by atoms with Gasteiger partial charge in [0.05, 0.1) is 16.8 Å². The van der Waals surface area contributed by atoms with Gasteiger partial charge in [0.25, 0.3) is 0 Å². The van der Waals surface area contributed by atoms with E-state index in [1.54, 1.807) is 24.3 Å². The average molecular weight is 388 g/mol. The van der Waals surface area contributed by atoms with E-state index >= 15 is 0 Å². The van der Waals surface area contributed by atoms with Gasteiger partial charge >= 0.3 is 6.18 Å². The van der Waals surface area contributed by atoms with Crippen molar-refractivity contribution in [3.63, 3.8) is 0 Å². The minimum absolute atomic E-state index is 0.180. The van der Waals surface area contributed by atoms with Crippen LogP contribution < -0.4 is 11.1 Å². The average Bonchev–Trinajstić information content (AvgIpc) is 3.33. The molecule has 0 saturated heterocycles. The minimum Gasteiger partial charge on any atom is -0.419 e. The summed E-state index contributed by atoms with van der Waals surface area (Å²) in [5.74, 6) is -0.129. The summed E-state index contributed by atoms with van der Waals surface area (Å²) in [5.41, 5.74) is 5.41. The first-order valence-corrected chi connectivity index (χ1v) is 8.47. The molecule has 9 heteroatoms. The van der Waals surface area contributed by atoms with Crippen molar-refractivity contribution in [2.75, 3.05) is 5.32 Å². The SMILES string of the molecule is NC(=O)C1(c2nnc(-c3ccccc3Nc3ccc(C(F)(F)F)cc3)o2)CC1. The number of primary amides is 1. The van der Waals surface area contributed by atoms with Crippen LogP contribution in [0.5, 0.6) is 0 Å². The molecule has 1 fully saturated rings. The summed E-state index contributed by atoms with van der Waals surface area (Å²) in [6.45, 7) is 0. The fourth-order valence-electron chi connectivity index (χ4n) is 2.89. The van der Waals surface area contributed by atoms with Gasteiger partial charge in [-0.05, 0) is 49.2 Å². The van der Waals surface area contributed by atoms with E-state index in [2.05, 4.69) is 15.5 Å². The summed E-state index contributed by atoms with van der Waals surface area (Å²) in [5, 5.41) is 11.0. The van der Waals surface area contributed by atoms with Gasteiger partial charge in [-0.15, -0.1) is 10.2 Å². The monoisotopic (exact) mass is 388 g/mol. The molecule has 0 unspecified atom stereocenters. The molecule has 3 aromatic rings. The highest BCUT2D eigenvalue weighted by molar-refractivity contribution is 5.88. The van der Waals surface area contributed by atoms with Crippen LogP contribution in [-0.4, -0.2) is 16.1 Å². The molecule has 2 aromatic carbocycles. The van der Waals surface area contributed by atoms with E-state index in [-0.39, 0.29) is 11.8 Å². The topological polar surface area (TPSA) is 94.0 Å². The molecule has 0 bridgehead atoms. The molecule has 28 heavy (non-hydrogen) atoms. The van der Waals surface area contributed by atoms with Gasteiger partial charge in [0, 0.05) is 5.69 Å². The van der Waals surface area contributed by atoms with Crippen LogP contribution in [-0.2, 0) is 16.4 Å². The Morgan fingerprint density at radius 3 is 2.36 bits per heavy atom. The predicted molar refractivity (Wildman–Crippen MR) is 94.6 cm³/mol. The van der Waals surface area contributed by atoms with E-state index < -0.39 is 23.1 Å². The summed E-state index contributed by atoms with van der Waals surface area (Å²) in [7, 11) is 0. The number of hydrogen-bond donors (Lipinski definition) is 2. The largest absolute Gasteiger partial charge is 0.419 e. The summed E-state index contributed by atoms with van der Waals surface area (Å²) in [6, 6.07) is 11.7. The number of nitrogens with two attached hydrogens (primary N) is 1. The van der Waals surface area contributed by atoms with E-state index in [4.69, 9.17) is 10.2 Å². The van der Waals surface area contributed by atoms with Crippen molar-refractivity contribution in [3.05, 3.63) is 60.0 Å². The van der Waals surface area contributed by atoms with Crippen LogP contribution in [0.4, 0.5) is 24.5 Å². The van der Waals surface area contributed by atoms with E-state index in [0.717, 1.165) is 12.1 Å². The van der Waals surface area contributed by atoms with Crippen LogP contribution in [0.15, 0.2) is 52.9 Å². The molecule has 4 rings (SSSR count). The van der Waals surface area contributed by atoms with Crippen molar-refractivity contribution in [2.45, 2.75) is 24.4 Å². The number of nitrogens with one attached hydrogen (secondary N) is 1. The van der Waals surface area contributed by atoms with Gasteiger partial charge in [-0.2, -0.15) is 13.2 Å². The second-order valence-corrected chi connectivity index (χ2v) is 6.60. The van der Waals surface area contributed by atoms with Crippen LogP contribution in [0.1, 0.15) is 24.3 Å². The molecule has 1 aliphatic carbocycles. The molecule has 0 spiro atoms. The Balaban J connectivity index is 1.62. The number of carbonyl (C=O) groups excluding carboxylic acids is 1. The molecule has 1 saturated carbocycles. The Morgan fingerprint density at radius 1 is 1.07 bits per heavy atom. The van der Waals surface area contributed by atoms with E-state index in [0.29, 0.717) is 29.8 Å². The maximum absolute atomic E-state index is 12.7. The lowest BCUT2D eigenvalue weighted by atomic mass is 10.1. The molecular formula is C19H15F3N4O2. The minimum atomic E-state index is -4.39. The zero-order chi connectivity index (χ0) is 19.9. The Kier molecular flexibility index (Phi) is 4.10. The highest BCUT2D eigenvalue weighted by Crippen LogP contribution is 2.48. The van der Waals surface area contributed by atoms with E-state index in [1.165, 1.54) is 12.1 Å². The fraction of sp³-hybridized carbons (Fsp3) is 0.211. The molecular weight excluding hydrogens is 373 g/mol. The maximum atomic E-state index is 12.7. The Labute approximate surface area is 157 Å². The van der Waals surface area contributed by atoms with Crippen molar-refractivity contribution >= 4 is 17.3 Å². The van der Waals surface area contributed by atoms with Gasteiger partial charge in [0.1, 0.15) is 5.41 Å². The Morgan fingerprint density at radius 2 is 1.75 bits per heavy atom. The van der Waals surface area contributed by atoms with Crippen LogP contribution in [0, 0.1) is 0 Å². The molecule has 1 aliphatic rings. The number of amides is 1. The van der Waals surface area contributed by atoms with Crippen molar-refractivity contribution in [3.8, 4) is 11.5 Å². The highest BCUT2D eigenvalue weighted by atomic mass is 19.4. The van der Waals surface area contributed by atoms with Crippen molar-refractivity contribution in [1.82, 2.24) is 10.2 Å². The second kappa shape index (κ2) is 6.36. The Bertz CT molecular complexity index is 1020. The number of benzene rings is 2. The lowest BCUT2D eigenvalue weighted by molar-refractivity contribution is -0.137. The third kappa shape index (κ3) is 3.19. The zero-order valence-electron chi connectivity index (χ0n) is 14.5. The van der Waals surface area contributed by atoms with Crippen LogP contribution in [0.2, 0.25) is 0 Å². The molecule has 3 N–H and O–H groups in total. The summed E-state index contributed by atoms with van der Waals surface area (Å²) in [4.78, 5) is 11.6. The van der Waals surface area contributed by atoms with Crippen molar-refractivity contribution in [2.24, 2.45) is 5.73 Å².